The Morgan fingerprint density at radius 1 is 1.35 bits per heavy atom. The van der Waals surface area contributed by atoms with E-state index < -0.39 is 0 Å². The third kappa shape index (κ3) is 5.87. The van der Waals surface area contributed by atoms with Crippen molar-refractivity contribution < 1.29 is 0 Å². The normalized spacial score (nSPS) is 29.3. The van der Waals surface area contributed by atoms with Crippen molar-refractivity contribution in [3.63, 3.8) is 0 Å². The van der Waals surface area contributed by atoms with Gasteiger partial charge >= 0.3 is 0 Å². The van der Waals surface area contributed by atoms with Crippen LogP contribution >= 0.6 is 0 Å². The summed E-state index contributed by atoms with van der Waals surface area (Å²) in [7, 11) is 2.23. The minimum atomic E-state index is 0.467. The molecule has 0 aromatic rings. The Hall–Kier alpha value is -0.0800. The number of rotatable bonds is 4. The van der Waals surface area contributed by atoms with Crippen molar-refractivity contribution in [3.05, 3.63) is 0 Å². The minimum absolute atomic E-state index is 0.467. The van der Waals surface area contributed by atoms with Crippen LogP contribution in [0, 0.1) is 11.3 Å². The van der Waals surface area contributed by atoms with Gasteiger partial charge in [0.2, 0.25) is 0 Å². The summed E-state index contributed by atoms with van der Waals surface area (Å²) in [4.78, 5) is 2.45. The molecule has 0 amide bonds. The van der Waals surface area contributed by atoms with Gasteiger partial charge in [0.05, 0.1) is 0 Å². The largest absolute Gasteiger partial charge is 0.311 e. The zero-order chi connectivity index (χ0) is 13.1. The molecule has 17 heavy (non-hydrogen) atoms. The fourth-order valence-electron chi connectivity index (χ4n) is 2.70. The van der Waals surface area contributed by atoms with Gasteiger partial charge in [-0.1, -0.05) is 27.7 Å². The Labute approximate surface area is 108 Å². The van der Waals surface area contributed by atoms with Crippen molar-refractivity contribution in [1.82, 2.24) is 10.2 Å². The molecule has 1 heterocycles. The van der Waals surface area contributed by atoms with Crippen molar-refractivity contribution in [2.75, 3.05) is 20.1 Å². The predicted octanol–water partition coefficient (Wildman–Crippen LogP) is 3.13. The van der Waals surface area contributed by atoms with E-state index in [1.807, 2.05) is 0 Å². The van der Waals surface area contributed by atoms with Gasteiger partial charge in [-0.2, -0.15) is 0 Å². The van der Waals surface area contributed by atoms with E-state index in [0.717, 1.165) is 12.0 Å². The van der Waals surface area contributed by atoms with Crippen molar-refractivity contribution in [1.29, 1.82) is 0 Å². The van der Waals surface area contributed by atoms with Crippen LogP contribution in [0.3, 0.4) is 0 Å². The quantitative estimate of drug-likeness (QED) is 0.812. The molecule has 102 valence electrons. The monoisotopic (exact) mass is 240 g/mol. The van der Waals surface area contributed by atoms with Gasteiger partial charge in [0.15, 0.2) is 0 Å². The van der Waals surface area contributed by atoms with Crippen LogP contribution in [0.15, 0.2) is 0 Å². The summed E-state index contributed by atoms with van der Waals surface area (Å²) >= 11 is 0. The summed E-state index contributed by atoms with van der Waals surface area (Å²) in [5, 5.41) is 3.84. The average Bonchev–Trinajstić information content (AvgIpc) is 2.18. The molecule has 2 heteroatoms. The van der Waals surface area contributed by atoms with Crippen molar-refractivity contribution in [2.45, 2.75) is 66.0 Å². The van der Waals surface area contributed by atoms with Crippen LogP contribution in [0.4, 0.5) is 0 Å². The minimum Gasteiger partial charge on any atom is -0.311 e. The highest BCUT2D eigenvalue weighted by Crippen LogP contribution is 2.22. The first kappa shape index (κ1) is 15.0. The summed E-state index contributed by atoms with van der Waals surface area (Å²) in [6.07, 6.45) is 3.91. The third-order valence-corrected chi connectivity index (χ3v) is 3.93. The van der Waals surface area contributed by atoms with Crippen LogP contribution in [-0.2, 0) is 0 Å². The maximum atomic E-state index is 3.84. The van der Waals surface area contributed by atoms with Gasteiger partial charge in [-0.05, 0) is 51.1 Å². The molecule has 2 nitrogen and oxygen atoms in total. The fourth-order valence-corrected chi connectivity index (χ4v) is 2.70. The van der Waals surface area contributed by atoms with Gasteiger partial charge in [0, 0.05) is 18.6 Å². The van der Waals surface area contributed by atoms with E-state index in [4.69, 9.17) is 0 Å². The lowest BCUT2D eigenvalue weighted by Gasteiger charge is -2.37. The van der Waals surface area contributed by atoms with Gasteiger partial charge in [-0.15, -0.1) is 0 Å². The Morgan fingerprint density at radius 3 is 2.53 bits per heavy atom. The van der Waals surface area contributed by atoms with Gasteiger partial charge in [0.25, 0.3) is 0 Å². The van der Waals surface area contributed by atoms with Crippen molar-refractivity contribution >= 4 is 0 Å². The lowest BCUT2D eigenvalue weighted by Crippen LogP contribution is -2.49. The van der Waals surface area contributed by atoms with E-state index in [-0.39, 0.29) is 0 Å². The highest BCUT2D eigenvalue weighted by Gasteiger charge is 2.25. The molecule has 0 aromatic heterocycles. The van der Waals surface area contributed by atoms with Gasteiger partial charge in [-0.25, -0.2) is 0 Å². The Bertz CT molecular complexity index is 219. The Balaban J connectivity index is 2.28. The number of likely N-dealkylation sites (tertiary alicyclic amines) is 1. The second kappa shape index (κ2) is 6.19. The summed E-state index contributed by atoms with van der Waals surface area (Å²) < 4.78 is 0. The first-order chi connectivity index (χ1) is 7.78. The molecular weight excluding hydrogens is 208 g/mol. The van der Waals surface area contributed by atoms with Gasteiger partial charge < -0.3 is 10.2 Å². The predicted molar refractivity (Wildman–Crippen MR) is 76.4 cm³/mol. The molecule has 1 rings (SSSR count). The smallest absolute Gasteiger partial charge is 0.0119 e. The van der Waals surface area contributed by atoms with Crippen LogP contribution in [0.1, 0.15) is 53.9 Å². The van der Waals surface area contributed by atoms with Crippen molar-refractivity contribution in [2.24, 2.45) is 11.3 Å². The van der Waals surface area contributed by atoms with E-state index in [9.17, 15) is 0 Å². The molecular formula is C15H32N2. The molecule has 3 unspecified atom stereocenters. The molecule has 0 aromatic carbocycles. The first-order valence-corrected chi connectivity index (χ1v) is 7.22. The molecule has 1 N–H and O–H groups in total. The topological polar surface area (TPSA) is 15.3 Å². The van der Waals surface area contributed by atoms with E-state index in [1.165, 1.54) is 32.4 Å². The second-order valence-electron chi connectivity index (χ2n) is 7.30. The van der Waals surface area contributed by atoms with E-state index in [2.05, 4.69) is 51.9 Å². The SMILES string of the molecule is CC(CCC(C)(C)C)NC1CCN(C)CC1C. The van der Waals surface area contributed by atoms with E-state index in [1.54, 1.807) is 0 Å². The molecule has 0 bridgehead atoms. The second-order valence-corrected chi connectivity index (χ2v) is 7.30. The van der Waals surface area contributed by atoms with Gasteiger partial charge in [0.1, 0.15) is 0 Å². The molecule has 0 radical (unpaired) electrons. The molecule has 1 aliphatic rings. The lowest BCUT2D eigenvalue weighted by molar-refractivity contribution is 0.164. The highest BCUT2D eigenvalue weighted by molar-refractivity contribution is 4.83. The molecule has 0 spiro atoms. The summed E-state index contributed by atoms with van der Waals surface area (Å²) in [5.74, 6) is 0.783. The fraction of sp³-hybridized carbons (Fsp3) is 1.00. The Morgan fingerprint density at radius 2 is 2.00 bits per heavy atom. The van der Waals surface area contributed by atoms with Crippen LogP contribution in [0.5, 0.6) is 0 Å². The third-order valence-electron chi connectivity index (χ3n) is 3.93. The number of hydrogen-bond donors (Lipinski definition) is 1. The lowest BCUT2D eigenvalue weighted by atomic mass is 9.88. The first-order valence-electron chi connectivity index (χ1n) is 7.22. The maximum Gasteiger partial charge on any atom is 0.0119 e. The molecule has 1 fully saturated rings. The summed E-state index contributed by atoms with van der Waals surface area (Å²) in [6, 6.07) is 1.38. The molecule has 1 saturated heterocycles. The number of hydrogen-bond acceptors (Lipinski definition) is 2. The number of piperidine rings is 1. The van der Waals surface area contributed by atoms with Crippen LogP contribution in [0.25, 0.3) is 0 Å². The average molecular weight is 240 g/mol. The molecule has 0 saturated carbocycles. The van der Waals surface area contributed by atoms with Gasteiger partial charge in [-0.3, -0.25) is 0 Å². The summed E-state index contributed by atoms with van der Waals surface area (Å²) in [6.45, 7) is 14.2. The molecule has 0 aliphatic carbocycles. The van der Waals surface area contributed by atoms with Crippen LogP contribution in [0.2, 0.25) is 0 Å². The van der Waals surface area contributed by atoms with Crippen molar-refractivity contribution in [3.8, 4) is 0 Å². The summed E-state index contributed by atoms with van der Waals surface area (Å²) in [5.41, 5.74) is 0.467. The van der Waals surface area contributed by atoms with E-state index in [0.29, 0.717) is 11.5 Å². The number of nitrogens with zero attached hydrogens (tertiary/aromatic N) is 1. The zero-order valence-electron chi connectivity index (χ0n) is 12.7. The van der Waals surface area contributed by atoms with Crippen LogP contribution < -0.4 is 5.32 Å². The Kier molecular flexibility index (Phi) is 5.46. The van der Waals surface area contributed by atoms with Crippen LogP contribution in [-0.4, -0.2) is 37.1 Å². The highest BCUT2D eigenvalue weighted by atomic mass is 15.1. The zero-order valence-corrected chi connectivity index (χ0v) is 12.7. The number of nitrogens with one attached hydrogen (secondary N) is 1. The standard InChI is InChI=1S/C15H32N2/c1-12-11-17(6)10-8-14(12)16-13(2)7-9-15(3,4)5/h12-14,16H,7-11H2,1-6H3. The molecule has 3 atom stereocenters. The molecule has 1 aliphatic heterocycles. The maximum absolute atomic E-state index is 3.84. The van der Waals surface area contributed by atoms with E-state index >= 15 is 0 Å².